The number of carbonyl (C=O) groups is 1. The van der Waals surface area contributed by atoms with Crippen molar-refractivity contribution in [3.8, 4) is 5.75 Å². The minimum Gasteiger partial charge on any atom is -0.492 e. The van der Waals surface area contributed by atoms with Gasteiger partial charge in [-0.15, -0.1) is 0 Å². The van der Waals surface area contributed by atoms with Crippen LogP contribution in [0.1, 0.15) is 21.5 Å². The number of aromatic nitrogens is 1. The van der Waals surface area contributed by atoms with Crippen LogP contribution in [0.5, 0.6) is 5.75 Å². The molecular weight excluding hydrogens is 469 g/mol. The number of sulfonamides is 1. The third-order valence-electron chi connectivity index (χ3n) is 5.88. The Kier molecular flexibility index (Phi) is 6.19. The summed E-state index contributed by atoms with van der Waals surface area (Å²) in [5.74, 6) is -0.274. The fourth-order valence-electron chi connectivity index (χ4n) is 4.06. The van der Waals surface area contributed by atoms with Gasteiger partial charge in [0.2, 0.25) is 10.0 Å². The summed E-state index contributed by atoms with van der Waals surface area (Å²) in [5, 5.41) is 3.44. The number of ether oxygens (including phenoxy) is 1. The molecule has 0 bridgehead atoms. The highest BCUT2D eigenvalue weighted by Gasteiger charge is 2.30. The first kappa shape index (κ1) is 22.9. The van der Waals surface area contributed by atoms with E-state index in [-0.39, 0.29) is 31.1 Å². The van der Waals surface area contributed by atoms with Crippen molar-refractivity contribution in [2.75, 3.05) is 13.2 Å². The monoisotopic (exact) mass is 491 g/mol. The molecule has 0 radical (unpaired) electrons. The van der Waals surface area contributed by atoms with E-state index >= 15 is 0 Å². The molecule has 1 aromatic heterocycles. The summed E-state index contributed by atoms with van der Waals surface area (Å²) in [4.78, 5) is 17.1. The van der Waals surface area contributed by atoms with Gasteiger partial charge in [0.25, 0.3) is 5.91 Å². The molecular formula is C26H22FN3O4S. The van der Waals surface area contributed by atoms with Crippen LogP contribution < -0.4 is 10.1 Å². The zero-order chi connectivity index (χ0) is 24.4. The standard InChI is InChI=1S/C26H22FN3O4S/c27-22-8-2-1-5-20(22)16-29-26(31)19-10-11-23-21(15-19)17-30(13-14-34-23)35(32,33)24-9-3-6-18-7-4-12-28-25(18)24/h1-12,15H,13-14,16-17H2,(H,29,31). The Morgan fingerprint density at radius 1 is 1.06 bits per heavy atom. The van der Waals surface area contributed by atoms with E-state index in [1.165, 1.54) is 10.4 Å². The van der Waals surface area contributed by atoms with Gasteiger partial charge in [-0.05, 0) is 36.4 Å². The summed E-state index contributed by atoms with van der Waals surface area (Å²) in [5.41, 5.74) is 1.68. The van der Waals surface area contributed by atoms with Crippen molar-refractivity contribution < 1.29 is 22.3 Å². The molecule has 0 saturated heterocycles. The molecule has 9 heteroatoms. The SMILES string of the molecule is O=C(NCc1ccccc1F)c1ccc2c(c1)CN(S(=O)(=O)c1cccc3cccnc13)CCO2. The van der Waals surface area contributed by atoms with Gasteiger partial charge in [0, 0.05) is 47.9 Å². The second kappa shape index (κ2) is 9.44. The molecule has 1 aliphatic heterocycles. The number of hydrogen-bond donors (Lipinski definition) is 1. The van der Waals surface area contributed by atoms with Crippen molar-refractivity contribution >= 4 is 26.8 Å². The highest BCUT2D eigenvalue weighted by Crippen LogP contribution is 2.30. The van der Waals surface area contributed by atoms with Gasteiger partial charge >= 0.3 is 0 Å². The predicted octanol–water partition coefficient (Wildman–Crippen LogP) is 3.89. The molecule has 5 rings (SSSR count). The summed E-state index contributed by atoms with van der Waals surface area (Å²) in [6.07, 6.45) is 1.56. The number of halogens is 1. The van der Waals surface area contributed by atoms with Crippen LogP contribution in [0.2, 0.25) is 0 Å². The van der Waals surface area contributed by atoms with Gasteiger partial charge in [-0.25, -0.2) is 12.8 Å². The summed E-state index contributed by atoms with van der Waals surface area (Å²) in [6.45, 7) is 0.390. The van der Waals surface area contributed by atoms with Crippen molar-refractivity contribution in [3.05, 3.63) is 102 Å². The Balaban J connectivity index is 1.40. The first-order valence-corrected chi connectivity index (χ1v) is 12.5. The molecule has 0 saturated carbocycles. The number of nitrogens with one attached hydrogen (secondary N) is 1. The molecule has 3 aromatic carbocycles. The Labute approximate surface area is 202 Å². The fourth-order valence-corrected chi connectivity index (χ4v) is 5.63. The van der Waals surface area contributed by atoms with E-state index in [9.17, 15) is 17.6 Å². The number of hydrogen-bond acceptors (Lipinski definition) is 5. The number of rotatable bonds is 5. The Bertz CT molecular complexity index is 1520. The van der Waals surface area contributed by atoms with Gasteiger partial charge < -0.3 is 10.1 Å². The maximum absolute atomic E-state index is 13.9. The Hall–Kier alpha value is -3.82. The molecule has 0 atom stereocenters. The number of fused-ring (bicyclic) bond motifs is 2. The molecule has 1 aliphatic rings. The number of carbonyl (C=O) groups excluding carboxylic acids is 1. The minimum atomic E-state index is -3.89. The first-order valence-electron chi connectivity index (χ1n) is 11.0. The van der Waals surface area contributed by atoms with Crippen LogP contribution in [-0.2, 0) is 23.1 Å². The molecule has 7 nitrogen and oxygen atoms in total. The average Bonchev–Trinajstić information content (AvgIpc) is 3.10. The lowest BCUT2D eigenvalue weighted by molar-refractivity contribution is 0.0950. The first-order chi connectivity index (χ1) is 16.9. The van der Waals surface area contributed by atoms with Crippen molar-refractivity contribution in [2.45, 2.75) is 18.0 Å². The van der Waals surface area contributed by atoms with Crippen LogP contribution in [0.4, 0.5) is 4.39 Å². The van der Waals surface area contributed by atoms with Crippen LogP contribution in [0, 0.1) is 5.82 Å². The van der Waals surface area contributed by atoms with Crippen LogP contribution >= 0.6 is 0 Å². The van der Waals surface area contributed by atoms with E-state index in [0.717, 1.165) is 5.39 Å². The van der Waals surface area contributed by atoms with Gasteiger partial charge in [-0.2, -0.15) is 4.31 Å². The highest BCUT2D eigenvalue weighted by molar-refractivity contribution is 7.89. The molecule has 35 heavy (non-hydrogen) atoms. The third-order valence-corrected chi connectivity index (χ3v) is 7.76. The molecule has 1 amide bonds. The molecule has 0 fully saturated rings. The largest absolute Gasteiger partial charge is 0.492 e. The smallest absolute Gasteiger partial charge is 0.251 e. The van der Waals surface area contributed by atoms with Gasteiger partial charge in [-0.3, -0.25) is 9.78 Å². The highest BCUT2D eigenvalue weighted by atomic mass is 32.2. The van der Waals surface area contributed by atoms with E-state index in [1.807, 2.05) is 12.1 Å². The summed E-state index contributed by atoms with van der Waals surface area (Å²) in [7, 11) is -3.89. The maximum Gasteiger partial charge on any atom is 0.251 e. The van der Waals surface area contributed by atoms with Gasteiger partial charge in [0.15, 0.2) is 0 Å². The molecule has 0 aliphatic carbocycles. The van der Waals surface area contributed by atoms with Crippen LogP contribution in [0.3, 0.4) is 0 Å². The van der Waals surface area contributed by atoms with Crippen LogP contribution in [-0.4, -0.2) is 36.8 Å². The third kappa shape index (κ3) is 4.60. The quantitative estimate of drug-likeness (QED) is 0.458. The lowest BCUT2D eigenvalue weighted by atomic mass is 10.1. The molecule has 2 heterocycles. The summed E-state index contributed by atoms with van der Waals surface area (Å²) in [6, 6.07) is 19.7. The lowest BCUT2D eigenvalue weighted by Gasteiger charge is -2.20. The van der Waals surface area contributed by atoms with Crippen molar-refractivity contribution in [1.82, 2.24) is 14.6 Å². The molecule has 1 N–H and O–H groups in total. The number of benzene rings is 3. The zero-order valence-electron chi connectivity index (χ0n) is 18.6. The van der Waals surface area contributed by atoms with E-state index in [4.69, 9.17) is 4.74 Å². The number of nitrogens with zero attached hydrogens (tertiary/aromatic N) is 2. The van der Waals surface area contributed by atoms with Crippen LogP contribution in [0.15, 0.2) is 83.9 Å². The number of para-hydroxylation sites is 1. The van der Waals surface area contributed by atoms with E-state index in [0.29, 0.717) is 28.0 Å². The van der Waals surface area contributed by atoms with E-state index in [2.05, 4.69) is 10.3 Å². The molecule has 4 aromatic rings. The molecule has 178 valence electrons. The number of pyridine rings is 1. The number of amides is 1. The van der Waals surface area contributed by atoms with Crippen LogP contribution in [0.25, 0.3) is 10.9 Å². The minimum absolute atomic E-state index is 0.0354. The van der Waals surface area contributed by atoms with Gasteiger partial charge in [0.1, 0.15) is 23.1 Å². The van der Waals surface area contributed by atoms with E-state index in [1.54, 1.807) is 60.8 Å². The average molecular weight is 492 g/mol. The van der Waals surface area contributed by atoms with Crippen molar-refractivity contribution in [2.24, 2.45) is 0 Å². The molecule has 0 unspecified atom stereocenters. The van der Waals surface area contributed by atoms with Crippen molar-refractivity contribution in [1.29, 1.82) is 0 Å². The Morgan fingerprint density at radius 3 is 2.74 bits per heavy atom. The Morgan fingerprint density at radius 2 is 1.89 bits per heavy atom. The summed E-state index contributed by atoms with van der Waals surface area (Å²) < 4.78 is 48.2. The second-order valence-corrected chi connectivity index (χ2v) is 10.0. The lowest BCUT2D eigenvalue weighted by Crippen LogP contribution is -2.32. The van der Waals surface area contributed by atoms with Crippen molar-refractivity contribution in [3.63, 3.8) is 0 Å². The van der Waals surface area contributed by atoms with Gasteiger partial charge in [-0.1, -0.05) is 36.4 Å². The maximum atomic E-state index is 13.9. The molecule has 0 spiro atoms. The normalized spacial score (nSPS) is 14.1. The predicted molar refractivity (Wildman–Crippen MR) is 129 cm³/mol. The fraction of sp³-hybridized carbons (Fsp3) is 0.154. The van der Waals surface area contributed by atoms with E-state index < -0.39 is 21.7 Å². The zero-order valence-corrected chi connectivity index (χ0v) is 19.5. The summed E-state index contributed by atoms with van der Waals surface area (Å²) >= 11 is 0. The van der Waals surface area contributed by atoms with Gasteiger partial charge in [0.05, 0.1) is 5.52 Å². The second-order valence-electron chi connectivity index (χ2n) is 8.11. The topological polar surface area (TPSA) is 88.6 Å².